The van der Waals surface area contributed by atoms with Gasteiger partial charge in [-0.05, 0) is 6.92 Å². The van der Waals surface area contributed by atoms with E-state index in [2.05, 4.69) is 0 Å². The standard InChI is InChI=1S/C6H7NO6.C5H6N2O6.CH4N.2Y/c1-2(8)6(3(7)9,4(10)11)5(12)13;6-1(8)5(2(7)9,3(10)11)4(12)13;1-2;;/h1H3,(H4,7,9,10,11,12,13);(H6,6,7,8,9,10,11,12,13);2H,1H3;;/q;;-1;;/p-3. The predicted octanol–water partition coefficient (Wildman–Crippen LogP) is -0.727. The van der Waals surface area contributed by atoms with Crippen LogP contribution in [0.15, 0.2) is 0 Å². The van der Waals surface area contributed by atoms with Crippen molar-refractivity contribution < 1.29 is 124 Å². The summed E-state index contributed by atoms with van der Waals surface area (Å²) in [5.41, 5.74) is 18.0. The molecule has 0 saturated carbocycles. The van der Waals surface area contributed by atoms with Crippen molar-refractivity contribution >= 4 is 47.4 Å². The summed E-state index contributed by atoms with van der Waals surface area (Å²) in [6, 6.07) is 0. The third-order valence-corrected chi connectivity index (χ3v) is 2.83. The Morgan fingerprint density at radius 2 is 0.700 bits per heavy atom. The molecule has 0 bridgehead atoms. The van der Waals surface area contributed by atoms with Gasteiger partial charge in [0.1, 0.15) is 0 Å². The second-order valence-corrected chi connectivity index (χ2v) is 4.26. The number of hydrogen-bond acceptors (Lipinski definition) is 8. The van der Waals surface area contributed by atoms with E-state index in [-0.39, 0.29) is 65.4 Å². The maximum atomic E-state index is 10.7. The smallest absolute Gasteiger partial charge is 0.334 e. The first-order chi connectivity index (χ1) is 12.5. The van der Waals surface area contributed by atoms with Crippen LogP contribution in [0.25, 0.3) is 22.9 Å². The zero-order valence-corrected chi connectivity index (χ0v) is 20.9. The van der Waals surface area contributed by atoms with E-state index in [0.29, 0.717) is 6.92 Å². The van der Waals surface area contributed by atoms with E-state index in [4.69, 9.17) is 43.4 Å². The maximum absolute atomic E-state index is 10.7. The number of carbonyl (C=O) groups is 8. The minimum atomic E-state index is -3.61. The van der Waals surface area contributed by atoms with E-state index >= 15 is 0 Å². The van der Waals surface area contributed by atoms with Gasteiger partial charge in [0.15, 0.2) is 5.78 Å². The van der Waals surface area contributed by atoms with Crippen molar-refractivity contribution in [3.05, 3.63) is 22.9 Å². The van der Waals surface area contributed by atoms with Crippen molar-refractivity contribution in [1.29, 1.82) is 0 Å². The molecule has 0 aliphatic rings. The minimum absolute atomic E-state index is 0. The first kappa shape index (κ1) is 38.7. The second-order valence-electron chi connectivity index (χ2n) is 4.26. The molecule has 0 aliphatic heterocycles. The van der Waals surface area contributed by atoms with Gasteiger partial charge in [-0.15, -0.1) is 0 Å². The molecule has 0 saturated heterocycles. The van der Waals surface area contributed by atoms with Gasteiger partial charge in [-0.2, -0.15) is 7.05 Å². The molecule has 0 unspecified atom stereocenters. The maximum Gasteiger partial charge on any atom is 0.334 e. The van der Waals surface area contributed by atoms with Crippen LogP contribution in [0, 0.1) is 10.8 Å². The zero-order valence-electron chi connectivity index (χ0n) is 15.2. The molecule has 16 nitrogen and oxygen atoms in total. The minimum Gasteiger partial charge on any atom is -0.680 e. The van der Waals surface area contributed by atoms with Crippen LogP contribution >= 0.6 is 0 Å². The monoisotopic (exact) mass is 584 g/mol. The summed E-state index contributed by atoms with van der Waals surface area (Å²) < 4.78 is 0. The van der Waals surface area contributed by atoms with E-state index < -0.39 is 58.2 Å². The predicted molar refractivity (Wildman–Crippen MR) is 84.3 cm³/mol. The van der Waals surface area contributed by atoms with Gasteiger partial charge < -0.3 is 57.7 Å². The Morgan fingerprint density at radius 1 is 0.533 bits per heavy atom. The molecule has 18 heteroatoms. The first-order valence-electron chi connectivity index (χ1n) is 6.28. The Bertz CT molecular complexity index is 541. The van der Waals surface area contributed by atoms with Crippen molar-refractivity contribution in [2.24, 2.45) is 10.8 Å². The normalized spacial score (nSPS) is 9.30. The van der Waals surface area contributed by atoms with Crippen LogP contribution in [0.2, 0.25) is 0 Å². The molecule has 0 aromatic heterocycles. The molecule has 0 atom stereocenters. The van der Waals surface area contributed by atoms with E-state index in [1.165, 1.54) is 7.05 Å². The number of carboxylic acids is 4. The average Bonchev–Trinajstić information content (AvgIpc) is 2.47. The Kier molecular flexibility index (Phi) is 20.5. The van der Waals surface area contributed by atoms with Crippen LogP contribution < -0.4 is 0 Å². The van der Waals surface area contributed by atoms with Crippen LogP contribution in [0.4, 0.5) is 0 Å². The van der Waals surface area contributed by atoms with Gasteiger partial charge in [0.2, 0.25) is 5.41 Å². The molecule has 0 fully saturated rings. The molecule has 30 heavy (non-hydrogen) atoms. The summed E-state index contributed by atoms with van der Waals surface area (Å²) in [5, 5.41) is 33.3. The number of aliphatic carboxylic acids is 4. The molecule has 3 amide bonds. The van der Waals surface area contributed by atoms with E-state index in [0.717, 1.165) is 0 Å². The molecule has 2 radical (unpaired) electrons. The zero-order chi connectivity index (χ0) is 23.6. The Morgan fingerprint density at radius 3 is 0.700 bits per heavy atom. The molecule has 0 aromatic rings. The number of hydrogen-bond donors (Lipinski definition) is 4. The van der Waals surface area contributed by atoms with Gasteiger partial charge in [0.05, 0.1) is 17.7 Å². The second kappa shape index (κ2) is 15.9. The molecular weight excluding hydrogens is 570 g/mol. The number of carboxylic acid groups (broad SMARTS) is 4. The van der Waals surface area contributed by atoms with E-state index in [1.54, 1.807) is 0 Å². The average molecular weight is 584 g/mol. The number of Topliss-reactive ketones (excluding diaryl/α,β-unsaturated/α-hetero) is 1. The third kappa shape index (κ3) is 7.75. The Hall–Kier alpha value is -1.87. The fourth-order valence-corrected chi connectivity index (χ4v) is 1.33. The largest absolute Gasteiger partial charge is 0.680 e. The van der Waals surface area contributed by atoms with Crippen LogP contribution in [0.5, 0.6) is 0 Å². The molecular formula is C12H14N4O12Y2-4. The van der Waals surface area contributed by atoms with Crippen LogP contribution in [0.1, 0.15) is 6.92 Å². The summed E-state index contributed by atoms with van der Waals surface area (Å²) in [5.74, 6) is -16.6. The Balaban J connectivity index is -0.000000121. The van der Waals surface area contributed by atoms with E-state index in [1.807, 2.05) is 0 Å². The molecule has 0 aliphatic carbocycles. The fourth-order valence-electron chi connectivity index (χ4n) is 1.33. The SMILES string of the molecule is CC(=O)C(C([NH-])=O)(C(=O)O)C(=O)O.C[NH-].[NH-]C(=O)C(C([NH-])=O)(C(=O)O)C(=O)O.[Y].[Y]. The van der Waals surface area contributed by atoms with Gasteiger partial charge in [-0.1, -0.05) is 0 Å². The topological polar surface area (TPSA) is 313 Å². The van der Waals surface area contributed by atoms with E-state index in [9.17, 15) is 38.4 Å². The van der Waals surface area contributed by atoms with Gasteiger partial charge in [0, 0.05) is 65.4 Å². The third-order valence-electron chi connectivity index (χ3n) is 2.83. The van der Waals surface area contributed by atoms with Crippen molar-refractivity contribution in [2.75, 3.05) is 7.05 Å². The van der Waals surface area contributed by atoms with Gasteiger partial charge in [-0.25, -0.2) is 0 Å². The van der Waals surface area contributed by atoms with Crippen molar-refractivity contribution in [1.82, 2.24) is 0 Å². The number of rotatable bonds is 8. The summed E-state index contributed by atoms with van der Waals surface area (Å²) in [4.78, 5) is 83.2. The number of amides is 3. The van der Waals surface area contributed by atoms with Gasteiger partial charge >= 0.3 is 23.9 Å². The summed E-state index contributed by atoms with van der Waals surface area (Å²) in [6.07, 6.45) is 0. The molecule has 0 heterocycles. The fraction of sp³-hybridized carbons (Fsp3) is 0.333. The quantitative estimate of drug-likeness (QED) is 0.257. The van der Waals surface area contributed by atoms with Crippen LogP contribution in [-0.4, -0.2) is 74.9 Å². The van der Waals surface area contributed by atoms with Crippen molar-refractivity contribution in [3.8, 4) is 0 Å². The van der Waals surface area contributed by atoms with Crippen LogP contribution in [0.3, 0.4) is 0 Å². The first-order valence-corrected chi connectivity index (χ1v) is 6.28. The summed E-state index contributed by atoms with van der Waals surface area (Å²) >= 11 is 0. The molecule has 0 rings (SSSR count). The summed E-state index contributed by atoms with van der Waals surface area (Å²) in [6.45, 7) is 0.634. The molecule has 0 aromatic carbocycles. The molecule has 164 valence electrons. The number of nitrogens with one attached hydrogen (secondary N) is 4. The molecule has 0 spiro atoms. The van der Waals surface area contributed by atoms with Crippen LogP contribution in [-0.2, 0) is 104 Å². The Labute approximate surface area is 217 Å². The van der Waals surface area contributed by atoms with Crippen molar-refractivity contribution in [3.63, 3.8) is 0 Å². The number of ketones is 1. The van der Waals surface area contributed by atoms with Crippen molar-refractivity contribution in [2.45, 2.75) is 6.92 Å². The molecule has 8 N–H and O–H groups in total. The summed E-state index contributed by atoms with van der Waals surface area (Å²) in [7, 11) is 1.25. The van der Waals surface area contributed by atoms with Gasteiger partial charge in [0.25, 0.3) is 5.41 Å². The number of carbonyl (C=O) groups excluding carboxylic acids is 4. The van der Waals surface area contributed by atoms with Gasteiger partial charge in [-0.3, -0.25) is 24.0 Å².